The number of carbonyl (C=O) groups excluding carboxylic acids is 2. The van der Waals surface area contributed by atoms with Crippen molar-refractivity contribution in [3.8, 4) is 0 Å². The minimum absolute atomic E-state index is 0.204. The summed E-state index contributed by atoms with van der Waals surface area (Å²) in [6.45, 7) is 11.3. The predicted octanol–water partition coefficient (Wildman–Crippen LogP) is 4.70. The number of carbonyl (C=O) groups is 2. The van der Waals surface area contributed by atoms with Gasteiger partial charge in [-0.2, -0.15) is 0 Å². The average Bonchev–Trinajstić information content (AvgIpc) is 2.69. The molecule has 160 valence electrons. The molecule has 1 aliphatic heterocycles. The number of rotatable bonds is 5. The van der Waals surface area contributed by atoms with Gasteiger partial charge in [-0.1, -0.05) is 31.2 Å². The molecular weight excluding hydrogens is 374 g/mol. The molecule has 0 unspecified atom stereocenters. The fraction of sp³-hybridized carbons (Fsp3) is 0.440. The van der Waals surface area contributed by atoms with E-state index in [1.165, 1.54) is 18.4 Å². The van der Waals surface area contributed by atoms with Crippen LogP contribution in [-0.4, -0.2) is 35.3 Å². The van der Waals surface area contributed by atoms with Crippen molar-refractivity contribution in [2.45, 2.75) is 52.6 Å². The second-order valence-electron chi connectivity index (χ2n) is 9.36. The molecule has 0 bridgehead atoms. The van der Waals surface area contributed by atoms with E-state index in [1.807, 2.05) is 51.1 Å². The van der Waals surface area contributed by atoms with Gasteiger partial charge in [-0.3, -0.25) is 14.5 Å². The van der Waals surface area contributed by atoms with E-state index in [0.717, 1.165) is 25.6 Å². The van der Waals surface area contributed by atoms with Crippen LogP contribution in [0, 0.1) is 5.92 Å². The number of para-hydroxylation sites is 1. The summed E-state index contributed by atoms with van der Waals surface area (Å²) in [4.78, 5) is 27.8. The van der Waals surface area contributed by atoms with E-state index in [1.54, 1.807) is 18.2 Å². The molecule has 5 nitrogen and oxygen atoms in total. The quantitative estimate of drug-likeness (QED) is 0.755. The number of nitrogens with zero attached hydrogens (tertiary/aromatic N) is 1. The van der Waals surface area contributed by atoms with E-state index in [0.29, 0.717) is 16.8 Å². The third-order valence-electron chi connectivity index (χ3n) is 5.41. The average molecular weight is 408 g/mol. The van der Waals surface area contributed by atoms with Gasteiger partial charge < -0.3 is 10.6 Å². The van der Waals surface area contributed by atoms with E-state index in [2.05, 4.69) is 22.5 Å². The zero-order chi connectivity index (χ0) is 21.7. The highest BCUT2D eigenvalue weighted by Crippen LogP contribution is 2.20. The van der Waals surface area contributed by atoms with Crippen LogP contribution in [0.2, 0.25) is 0 Å². The van der Waals surface area contributed by atoms with Crippen molar-refractivity contribution in [3.05, 3.63) is 65.2 Å². The normalized spacial score (nSPS) is 15.6. The zero-order valence-electron chi connectivity index (χ0n) is 18.5. The van der Waals surface area contributed by atoms with Crippen LogP contribution < -0.4 is 10.6 Å². The van der Waals surface area contributed by atoms with Gasteiger partial charge in [-0.25, -0.2) is 0 Å². The molecule has 1 aliphatic rings. The molecular formula is C25H33N3O2. The summed E-state index contributed by atoms with van der Waals surface area (Å²) in [6.07, 6.45) is 2.51. The Labute approximate surface area is 179 Å². The monoisotopic (exact) mass is 407 g/mol. The summed E-state index contributed by atoms with van der Waals surface area (Å²) in [5.41, 5.74) is 2.41. The van der Waals surface area contributed by atoms with Crippen molar-refractivity contribution in [1.82, 2.24) is 10.2 Å². The Morgan fingerprint density at radius 2 is 1.60 bits per heavy atom. The first-order valence-corrected chi connectivity index (χ1v) is 10.8. The van der Waals surface area contributed by atoms with Crippen molar-refractivity contribution in [2.75, 3.05) is 18.4 Å². The Hall–Kier alpha value is -2.66. The standard InChI is InChI=1S/C25H33N3O2/c1-18-13-15-28(16-14-18)17-19-9-11-20(12-10-19)23(29)26-22-8-6-5-7-21(22)24(30)27-25(2,3)4/h5-12,18H,13-17H2,1-4H3,(H,26,29)(H,27,30). The van der Waals surface area contributed by atoms with E-state index >= 15 is 0 Å². The summed E-state index contributed by atoms with van der Waals surface area (Å²) in [5.74, 6) is 0.398. The molecule has 1 heterocycles. The van der Waals surface area contributed by atoms with Crippen molar-refractivity contribution < 1.29 is 9.59 Å². The molecule has 2 amide bonds. The highest BCUT2D eigenvalue weighted by Gasteiger charge is 2.19. The Balaban J connectivity index is 1.64. The Bertz CT molecular complexity index is 876. The van der Waals surface area contributed by atoms with Crippen molar-refractivity contribution in [1.29, 1.82) is 0 Å². The van der Waals surface area contributed by atoms with Crippen LogP contribution >= 0.6 is 0 Å². The van der Waals surface area contributed by atoms with Crippen LogP contribution in [-0.2, 0) is 6.54 Å². The molecule has 0 aliphatic carbocycles. The Morgan fingerprint density at radius 3 is 2.23 bits per heavy atom. The number of anilines is 1. The van der Waals surface area contributed by atoms with Crippen LogP contribution in [0.4, 0.5) is 5.69 Å². The van der Waals surface area contributed by atoms with Gasteiger partial charge in [0.1, 0.15) is 0 Å². The van der Waals surface area contributed by atoms with Crippen LogP contribution in [0.3, 0.4) is 0 Å². The molecule has 2 aromatic rings. The summed E-state index contributed by atoms with van der Waals surface area (Å²) in [5, 5.41) is 5.83. The lowest BCUT2D eigenvalue weighted by molar-refractivity contribution is 0.0920. The molecule has 0 aromatic heterocycles. The van der Waals surface area contributed by atoms with E-state index in [4.69, 9.17) is 0 Å². The van der Waals surface area contributed by atoms with Gasteiger partial charge in [0.05, 0.1) is 11.3 Å². The fourth-order valence-electron chi connectivity index (χ4n) is 3.63. The summed E-state index contributed by atoms with van der Waals surface area (Å²) < 4.78 is 0. The molecule has 1 saturated heterocycles. The molecule has 30 heavy (non-hydrogen) atoms. The van der Waals surface area contributed by atoms with Gasteiger partial charge in [-0.05, 0) is 82.4 Å². The molecule has 0 saturated carbocycles. The van der Waals surface area contributed by atoms with Crippen LogP contribution in [0.1, 0.15) is 66.8 Å². The van der Waals surface area contributed by atoms with Gasteiger partial charge in [0.25, 0.3) is 11.8 Å². The maximum atomic E-state index is 12.8. The Kier molecular flexibility index (Phi) is 6.93. The molecule has 5 heteroatoms. The summed E-state index contributed by atoms with van der Waals surface area (Å²) in [7, 11) is 0. The summed E-state index contributed by atoms with van der Waals surface area (Å²) >= 11 is 0. The third kappa shape index (κ3) is 6.17. The van der Waals surface area contributed by atoms with Gasteiger partial charge in [-0.15, -0.1) is 0 Å². The number of piperidine rings is 1. The second kappa shape index (κ2) is 9.43. The minimum atomic E-state index is -0.351. The first kappa shape index (κ1) is 22.0. The number of nitrogens with one attached hydrogen (secondary N) is 2. The molecule has 0 spiro atoms. The molecule has 0 radical (unpaired) electrons. The van der Waals surface area contributed by atoms with Crippen LogP contribution in [0.25, 0.3) is 0 Å². The van der Waals surface area contributed by atoms with E-state index in [-0.39, 0.29) is 17.4 Å². The van der Waals surface area contributed by atoms with Gasteiger partial charge >= 0.3 is 0 Å². The lowest BCUT2D eigenvalue weighted by Gasteiger charge is -2.30. The van der Waals surface area contributed by atoms with Gasteiger partial charge in [0, 0.05) is 17.6 Å². The lowest BCUT2D eigenvalue weighted by Crippen LogP contribution is -2.40. The van der Waals surface area contributed by atoms with Crippen molar-refractivity contribution in [3.63, 3.8) is 0 Å². The molecule has 2 aromatic carbocycles. The van der Waals surface area contributed by atoms with Gasteiger partial charge in [0.2, 0.25) is 0 Å². The first-order chi connectivity index (χ1) is 14.2. The zero-order valence-corrected chi connectivity index (χ0v) is 18.5. The fourth-order valence-corrected chi connectivity index (χ4v) is 3.63. The van der Waals surface area contributed by atoms with Crippen LogP contribution in [0.15, 0.2) is 48.5 Å². The van der Waals surface area contributed by atoms with Crippen molar-refractivity contribution >= 4 is 17.5 Å². The predicted molar refractivity (Wildman–Crippen MR) is 122 cm³/mol. The number of benzene rings is 2. The topological polar surface area (TPSA) is 61.4 Å². The molecule has 2 N–H and O–H groups in total. The largest absolute Gasteiger partial charge is 0.347 e. The van der Waals surface area contributed by atoms with Gasteiger partial charge in [0.15, 0.2) is 0 Å². The third-order valence-corrected chi connectivity index (χ3v) is 5.41. The SMILES string of the molecule is CC1CCN(Cc2ccc(C(=O)Nc3ccccc3C(=O)NC(C)(C)C)cc2)CC1. The second-order valence-corrected chi connectivity index (χ2v) is 9.36. The van der Waals surface area contributed by atoms with E-state index in [9.17, 15) is 9.59 Å². The molecule has 1 fully saturated rings. The number of hydrogen-bond donors (Lipinski definition) is 2. The number of hydrogen-bond acceptors (Lipinski definition) is 3. The Morgan fingerprint density at radius 1 is 0.967 bits per heavy atom. The molecule has 0 atom stereocenters. The first-order valence-electron chi connectivity index (χ1n) is 10.8. The maximum Gasteiger partial charge on any atom is 0.255 e. The summed E-state index contributed by atoms with van der Waals surface area (Å²) in [6, 6.07) is 14.8. The van der Waals surface area contributed by atoms with E-state index < -0.39 is 0 Å². The highest BCUT2D eigenvalue weighted by atomic mass is 16.2. The van der Waals surface area contributed by atoms with Crippen LogP contribution in [0.5, 0.6) is 0 Å². The number of likely N-dealkylation sites (tertiary alicyclic amines) is 1. The minimum Gasteiger partial charge on any atom is -0.347 e. The number of amides is 2. The van der Waals surface area contributed by atoms with Crippen molar-refractivity contribution in [2.24, 2.45) is 5.92 Å². The lowest BCUT2D eigenvalue weighted by atomic mass is 9.99. The smallest absolute Gasteiger partial charge is 0.255 e. The maximum absolute atomic E-state index is 12.8. The highest BCUT2D eigenvalue weighted by molar-refractivity contribution is 6.09. The molecule has 3 rings (SSSR count).